The minimum atomic E-state index is 0.0336. The fourth-order valence-corrected chi connectivity index (χ4v) is 2.08. The van der Waals surface area contributed by atoms with Crippen LogP contribution in [0.1, 0.15) is 33.1 Å². The van der Waals surface area contributed by atoms with Crippen molar-refractivity contribution in [3.63, 3.8) is 0 Å². The highest BCUT2D eigenvalue weighted by Crippen LogP contribution is 2.19. The molecule has 0 saturated carbocycles. The van der Waals surface area contributed by atoms with E-state index >= 15 is 0 Å². The van der Waals surface area contributed by atoms with Crippen LogP contribution in [0, 0.1) is 0 Å². The third-order valence-electron chi connectivity index (χ3n) is 2.62. The molecule has 1 N–H and O–H groups in total. The van der Waals surface area contributed by atoms with Crippen LogP contribution in [0.15, 0.2) is 0 Å². The van der Waals surface area contributed by atoms with Crippen molar-refractivity contribution >= 4 is 18.7 Å². The molecular formula is C9H18N2OS. The Labute approximate surface area is 85.4 Å². The molecule has 0 aromatic heterocycles. The summed E-state index contributed by atoms with van der Waals surface area (Å²) in [6.45, 7) is 5.29. The molecule has 3 nitrogen and oxygen atoms in total. The molecule has 1 unspecified atom stereocenters. The lowest BCUT2D eigenvalue weighted by Gasteiger charge is -2.37. The lowest BCUT2D eigenvalue weighted by atomic mass is 10.00. The molecule has 0 aliphatic carbocycles. The van der Waals surface area contributed by atoms with Gasteiger partial charge in [0.2, 0.25) is 5.91 Å². The Morgan fingerprint density at radius 1 is 1.54 bits per heavy atom. The number of carbonyl (C=O) groups is 1. The van der Waals surface area contributed by atoms with Gasteiger partial charge in [-0.05, 0) is 33.2 Å². The molecule has 1 aliphatic rings. The van der Waals surface area contributed by atoms with E-state index < -0.39 is 0 Å². The fraction of sp³-hybridized carbons (Fsp3) is 0.889. The molecular weight excluding hydrogens is 184 g/mol. The summed E-state index contributed by atoms with van der Waals surface area (Å²) in [6.07, 6.45) is 3.31. The third kappa shape index (κ3) is 2.61. The Morgan fingerprint density at radius 3 is 2.77 bits per heavy atom. The van der Waals surface area contributed by atoms with Crippen LogP contribution < -0.4 is 4.72 Å². The number of hydrogen-bond acceptors (Lipinski definition) is 3. The second-order valence-corrected chi connectivity index (χ2v) is 4.04. The first-order valence-electron chi connectivity index (χ1n) is 4.86. The van der Waals surface area contributed by atoms with Gasteiger partial charge in [0.1, 0.15) is 0 Å². The van der Waals surface area contributed by atoms with Gasteiger partial charge < -0.3 is 4.72 Å². The number of nitrogens with zero attached hydrogens (tertiary/aromatic N) is 1. The summed E-state index contributed by atoms with van der Waals surface area (Å²) in [5, 5.41) is 0. The van der Waals surface area contributed by atoms with E-state index in [1.807, 2.05) is 0 Å². The van der Waals surface area contributed by atoms with Crippen LogP contribution >= 0.6 is 12.8 Å². The van der Waals surface area contributed by atoms with Crippen LogP contribution in [-0.4, -0.2) is 29.4 Å². The van der Waals surface area contributed by atoms with Gasteiger partial charge in [-0.1, -0.05) is 19.2 Å². The zero-order valence-electron chi connectivity index (χ0n) is 8.29. The van der Waals surface area contributed by atoms with Crippen molar-refractivity contribution in [2.75, 3.05) is 6.54 Å². The first-order chi connectivity index (χ1) is 6.16. The van der Waals surface area contributed by atoms with Crippen LogP contribution in [0.2, 0.25) is 0 Å². The van der Waals surface area contributed by atoms with Gasteiger partial charge in [0.15, 0.2) is 0 Å². The number of nitrogens with one attached hydrogen (secondary N) is 1. The number of rotatable bonds is 2. The lowest BCUT2D eigenvalue weighted by molar-refractivity contribution is -0.126. The predicted molar refractivity (Wildman–Crippen MR) is 56.6 cm³/mol. The summed E-state index contributed by atoms with van der Waals surface area (Å²) < 4.78 is 2.43. The van der Waals surface area contributed by atoms with Crippen molar-refractivity contribution in [3.8, 4) is 0 Å². The lowest BCUT2D eigenvalue weighted by Crippen LogP contribution is -2.50. The topological polar surface area (TPSA) is 32.3 Å². The van der Waals surface area contributed by atoms with Crippen LogP contribution in [0.4, 0.5) is 0 Å². The van der Waals surface area contributed by atoms with Crippen LogP contribution in [-0.2, 0) is 4.79 Å². The van der Waals surface area contributed by atoms with Gasteiger partial charge in [-0.2, -0.15) is 0 Å². The van der Waals surface area contributed by atoms with Crippen molar-refractivity contribution in [2.45, 2.75) is 45.2 Å². The van der Waals surface area contributed by atoms with E-state index in [9.17, 15) is 4.79 Å². The molecule has 1 atom stereocenters. The zero-order chi connectivity index (χ0) is 9.84. The third-order valence-corrected chi connectivity index (χ3v) is 2.84. The molecule has 0 aromatic carbocycles. The smallest absolute Gasteiger partial charge is 0.246 e. The molecule has 1 saturated heterocycles. The van der Waals surface area contributed by atoms with E-state index in [1.165, 1.54) is 6.42 Å². The van der Waals surface area contributed by atoms with Gasteiger partial charge in [0.05, 0.1) is 6.04 Å². The minimum absolute atomic E-state index is 0.0336. The Kier molecular flexibility index (Phi) is 4.06. The monoisotopic (exact) mass is 202 g/mol. The predicted octanol–water partition coefficient (Wildman–Crippen LogP) is 1.21. The van der Waals surface area contributed by atoms with Crippen molar-refractivity contribution in [1.82, 2.24) is 9.62 Å². The second-order valence-electron chi connectivity index (χ2n) is 3.82. The highest BCUT2D eigenvalue weighted by molar-refractivity contribution is 7.78. The SMILES string of the molecule is CC(C)N1CCCCC1C(=O)NS. The summed E-state index contributed by atoms with van der Waals surface area (Å²) in [5.74, 6) is 0.0386. The van der Waals surface area contributed by atoms with E-state index in [0.717, 1.165) is 19.4 Å². The molecule has 1 amide bonds. The van der Waals surface area contributed by atoms with E-state index in [4.69, 9.17) is 0 Å². The maximum absolute atomic E-state index is 11.5. The molecule has 0 spiro atoms. The quantitative estimate of drug-likeness (QED) is 0.660. The van der Waals surface area contributed by atoms with Gasteiger partial charge in [-0.3, -0.25) is 9.69 Å². The van der Waals surface area contributed by atoms with Crippen molar-refractivity contribution < 1.29 is 4.79 Å². The van der Waals surface area contributed by atoms with E-state index in [0.29, 0.717) is 6.04 Å². The summed E-state index contributed by atoms with van der Waals surface area (Å²) in [6, 6.07) is 0.474. The van der Waals surface area contributed by atoms with Gasteiger partial charge in [0, 0.05) is 6.04 Å². The van der Waals surface area contributed by atoms with Crippen LogP contribution in [0.5, 0.6) is 0 Å². The molecule has 0 aromatic rings. The summed E-state index contributed by atoms with van der Waals surface area (Å²) in [7, 11) is 0. The average Bonchev–Trinajstić information content (AvgIpc) is 2.16. The van der Waals surface area contributed by atoms with Crippen molar-refractivity contribution in [3.05, 3.63) is 0 Å². The van der Waals surface area contributed by atoms with E-state index in [1.54, 1.807) is 0 Å². The van der Waals surface area contributed by atoms with Gasteiger partial charge in [-0.15, -0.1) is 0 Å². The highest BCUT2D eigenvalue weighted by Gasteiger charge is 2.29. The molecule has 13 heavy (non-hydrogen) atoms. The minimum Gasteiger partial charge on any atom is -0.301 e. The summed E-state index contributed by atoms with van der Waals surface area (Å²) >= 11 is 3.81. The first-order valence-corrected chi connectivity index (χ1v) is 5.31. The number of piperidine rings is 1. The van der Waals surface area contributed by atoms with Gasteiger partial charge in [0.25, 0.3) is 0 Å². The van der Waals surface area contributed by atoms with E-state index in [2.05, 4.69) is 36.3 Å². The Morgan fingerprint density at radius 2 is 2.23 bits per heavy atom. The Hall–Kier alpha value is -0.220. The van der Waals surface area contributed by atoms with E-state index in [-0.39, 0.29) is 11.9 Å². The average molecular weight is 202 g/mol. The number of hydrogen-bond donors (Lipinski definition) is 2. The van der Waals surface area contributed by atoms with Gasteiger partial charge >= 0.3 is 0 Å². The maximum atomic E-state index is 11.5. The first kappa shape index (κ1) is 10.9. The molecule has 1 rings (SSSR count). The molecule has 0 radical (unpaired) electrons. The van der Waals surface area contributed by atoms with Gasteiger partial charge in [-0.25, -0.2) is 0 Å². The van der Waals surface area contributed by atoms with Crippen molar-refractivity contribution in [2.24, 2.45) is 0 Å². The molecule has 1 heterocycles. The molecule has 1 fully saturated rings. The normalized spacial score (nSPS) is 24.8. The zero-order valence-corrected chi connectivity index (χ0v) is 9.18. The Bertz CT molecular complexity index is 184. The number of carbonyl (C=O) groups excluding carboxylic acids is 1. The standard InChI is InChI=1S/C9H18N2OS/c1-7(2)11-6-4-3-5-8(11)9(12)10-13/h7-8,13H,3-6H2,1-2H3,(H,10,12). The van der Waals surface area contributed by atoms with Crippen LogP contribution in [0.3, 0.4) is 0 Å². The molecule has 4 heteroatoms. The number of likely N-dealkylation sites (tertiary alicyclic amines) is 1. The summed E-state index contributed by atoms with van der Waals surface area (Å²) in [4.78, 5) is 13.7. The highest BCUT2D eigenvalue weighted by atomic mass is 32.1. The molecule has 1 aliphatic heterocycles. The summed E-state index contributed by atoms with van der Waals surface area (Å²) in [5.41, 5.74) is 0. The second kappa shape index (κ2) is 4.86. The largest absolute Gasteiger partial charge is 0.301 e. The Balaban J connectivity index is 2.61. The number of amides is 1. The molecule has 0 bridgehead atoms. The molecule has 76 valence electrons. The van der Waals surface area contributed by atoms with Crippen molar-refractivity contribution in [1.29, 1.82) is 0 Å². The fourth-order valence-electron chi connectivity index (χ4n) is 1.93. The maximum Gasteiger partial charge on any atom is 0.246 e. The van der Waals surface area contributed by atoms with Crippen LogP contribution in [0.25, 0.3) is 0 Å². The number of thiol groups is 1.